The molecule has 0 unspecified atom stereocenters. The Hall–Kier alpha value is -1.43. The Balaban J connectivity index is 1.31. The van der Waals surface area contributed by atoms with Crippen LogP contribution in [0.1, 0.15) is 16.8 Å². The van der Waals surface area contributed by atoms with Crippen LogP contribution in [0.5, 0.6) is 0 Å². The Morgan fingerprint density at radius 1 is 0.929 bits per heavy atom. The van der Waals surface area contributed by atoms with Gasteiger partial charge in [0.25, 0.3) is 0 Å². The smallest absolute Gasteiger partial charge is 0.123 e. The van der Waals surface area contributed by atoms with E-state index >= 15 is 0 Å². The molecule has 2 aromatic carbocycles. The molecule has 1 aromatic heterocycles. The molecule has 6 heteroatoms. The Morgan fingerprint density at radius 2 is 1.64 bits per heavy atom. The minimum atomic E-state index is 0.614. The molecule has 0 bridgehead atoms. The topological polar surface area (TPSA) is 19.4 Å². The molecule has 1 aliphatic rings. The number of rotatable bonds is 5. The first kappa shape index (κ1) is 19.9. The van der Waals surface area contributed by atoms with Crippen LogP contribution in [0, 0.1) is 6.92 Å². The highest BCUT2D eigenvalue weighted by Crippen LogP contribution is 2.27. The van der Waals surface area contributed by atoms with E-state index in [0.29, 0.717) is 10.0 Å². The lowest BCUT2D eigenvalue weighted by Crippen LogP contribution is -2.45. The third kappa shape index (κ3) is 4.76. The number of hydrogen-bond donors (Lipinski definition) is 0. The predicted octanol–water partition coefficient (Wildman–Crippen LogP) is 5.74. The van der Waals surface area contributed by atoms with Crippen molar-refractivity contribution in [3.05, 3.63) is 74.7 Å². The van der Waals surface area contributed by atoms with Crippen molar-refractivity contribution in [3.63, 3.8) is 0 Å². The fourth-order valence-electron chi connectivity index (χ4n) is 3.55. The summed E-state index contributed by atoms with van der Waals surface area (Å²) in [4.78, 5) is 9.83. The Morgan fingerprint density at radius 3 is 2.36 bits per heavy atom. The molecule has 0 N–H and O–H groups in total. The standard InChI is InChI=1S/C22H23Cl2N3S/c1-16-4-2-3-5-19(16)22-25-18(15-28-22)14-27-10-8-26(9-11-27)13-17-6-7-20(23)21(24)12-17/h2-7,12,15H,8-11,13-14H2,1H3. The molecule has 0 amide bonds. The maximum absolute atomic E-state index is 6.14. The van der Waals surface area contributed by atoms with E-state index in [1.165, 1.54) is 22.4 Å². The second kappa shape index (κ2) is 8.93. The van der Waals surface area contributed by atoms with E-state index in [0.717, 1.165) is 44.3 Å². The molecule has 3 aromatic rings. The second-order valence-electron chi connectivity index (χ2n) is 7.26. The lowest BCUT2D eigenvalue weighted by atomic mass is 10.1. The number of hydrogen-bond acceptors (Lipinski definition) is 4. The van der Waals surface area contributed by atoms with Crippen LogP contribution in [0.4, 0.5) is 0 Å². The molecule has 0 aliphatic carbocycles. The van der Waals surface area contributed by atoms with Gasteiger partial charge in [-0.2, -0.15) is 0 Å². The zero-order chi connectivity index (χ0) is 19.5. The molecule has 28 heavy (non-hydrogen) atoms. The fraction of sp³-hybridized carbons (Fsp3) is 0.318. The maximum Gasteiger partial charge on any atom is 0.123 e. The molecule has 0 spiro atoms. The lowest BCUT2D eigenvalue weighted by Gasteiger charge is -2.34. The Labute approximate surface area is 180 Å². The van der Waals surface area contributed by atoms with Crippen LogP contribution in [0.3, 0.4) is 0 Å². The summed E-state index contributed by atoms with van der Waals surface area (Å²) < 4.78 is 0. The molecular formula is C22H23Cl2N3S. The highest BCUT2D eigenvalue weighted by molar-refractivity contribution is 7.13. The summed E-state index contributed by atoms with van der Waals surface area (Å²) in [7, 11) is 0. The summed E-state index contributed by atoms with van der Waals surface area (Å²) >= 11 is 13.9. The van der Waals surface area contributed by atoms with E-state index < -0.39 is 0 Å². The number of thiazole rings is 1. The maximum atomic E-state index is 6.14. The van der Waals surface area contributed by atoms with E-state index in [1.54, 1.807) is 11.3 Å². The van der Waals surface area contributed by atoms with Crippen molar-refractivity contribution in [2.75, 3.05) is 26.2 Å². The monoisotopic (exact) mass is 431 g/mol. The van der Waals surface area contributed by atoms with Gasteiger partial charge in [-0.3, -0.25) is 9.80 Å². The van der Waals surface area contributed by atoms with Gasteiger partial charge >= 0.3 is 0 Å². The normalized spacial score (nSPS) is 15.8. The van der Waals surface area contributed by atoms with Gasteiger partial charge in [0, 0.05) is 50.2 Å². The molecule has 0 atom stereocenters. The molecule has 2 heterocycles. The van der Waals surface area contributed by atoms with Crippen LogP contribution >= 0.6 is 34.5 Å². The van der Waals surface area contributed by atoms with Crippen LogP contribution in [0.2, 0.25) is 10.0 Å². The van der Waals surface area contributed by atoms with Crippen LogP contribution < -0.4 is 0 Å². The van der Waals surface area contributed by atoms with Gasteiger partial charge in [0.1, 0.15) is 5.01 Å². The first-order valence-corrected chi connectivity index (χ1v) is 11.1. The van der Waals surface area contributed by atoms with Crippen molar-refractivity contribution >= 4 is 34.5 Å². The van der Waals surface area contributed by atoms with Crippen molar-refractivity contribution in [3.8, 4) is 10.6 Å². The lowest BCUT2D eigenvalue weighted by molar-refractivity contribution is 0.121. The third-order valence-electron chi connectivity index (χ3n) is 5.17. The van der Waals surface area contributed by atoms with Crippen molar-refractivity contribution in [1.82, 2.24) is 14.8 Å². The zero-order valence-corrected chi connectivity index (χ0v) is 18.2. The van der Waals surface area contributed by atoms with Gasteiger partial charge in [0.05, 0.1) is 15.7 Å². The zero-order valence-electron chi connectivity index (χ0n) is 15.9. The Bertz CT molecular complexity index is 948. The van der Waals surface area contributed by atoms with E-state index in [1.807, 2.05) is 12.1 Å². The largest absolute Gasteiger partial charge is 0.297 e. The highest BCUT2D eigenvalue weighted by atomic mass is 35.5. The number of aromatic nitrogens is 1. The van der Waals surface area contributed by atoms with Gasteiger partial charge in [-0.1, -0.05) is 53.5 Å². The van der Waals surface area contributed by atoms with Gasteiger partial charge in [-0.25, -0.2) is 4.98 Å². The molecule has 4 rings (SSSR count). The van der Waals surface area contributed by atoms with Crippen molar-refractivity contribution in [2.24, 2.45) is 0 Å². The van der Waals surface area contributed by atoms with E-state index in [-0.39, 0.29) is 0 Å². The molecule has 3 nitrogen and oxygen atoms in total. The molecule has 1 fully saturated rings. The van der Waals surface area contributed by atoms with Gasteiger partial charge in [0.2, 0.25) is 0 Å². The fourth-order valence-corrected chi connectivity index (χ4v) is 4.77. The predicted molar refractivity (Wildman–Crippen MR) is 119 cm³/mol. The van der Waals surface area contributed by atoms with Crippen LogP contribution in [0.15, 0.2) is 47.8 Å². The molecule has 0 saturated carbocycles. The summed E-state index contributed by atoms with van der Waals surface area (Å²) in [5.74, 6) is 0. The molecular weight excluding hydrogens is 409 g/mol. The number of benzene rings is 2. The molecule has 1 saturated heterocycles. The van der Waals surface area contributed by atoms with Gasteiger partial charge in [-0.05, 0) is 30.2 Å². The first-order valence-electron chi connectivity index (χ1n) is 9.47. The first-order chi connectivity index (χ1) is 13.6. The summed E-state index contributed by atoms with van der Waals surface area (Å²) in [5, 5.41) is 4.56. The highest BCUT2D eigenvalue weighted by Gasteiger charge is 2.18. The quantitative estimate of drug-likeness (QED) is 0.512. The van der Waals surface area contributed by atoms with Crippen molar-refractivity contribution < 1.29 is 0 Å². The minimum Gasteiger partial charge on any atom is -0.297 e. The SMILES string of the molecule is Cc1ccccc1-c1nc(CN2CCN(Cc3ccc(Cl)c(Cl)c3)CC2)cs1. The second-order valence-corrected chi connectivity index (χ2v) is 8.93. The van der Waals surface area contributed by atoms with E-state index in [4.69, 9.17) is 28.2 Å². The van der Waals surface area contributed by atoms with E-state index in [9.17, 15) is 0 Å². The summed E-state index contributed by atoms with van der Waals surface area (Å²) in [6.07, 6.45) is 0. The van der Waals surface area contributed by atoms with Crippen LogP contribution in [0.25, 0.3) is 10.6 Å². The van der Waals surface area contributed by atoms with E-state index in [2.05, 4.69) is 52.4 Å². The number of piperazine rings is 1. The Kier molecular flexibility index (Phi) is 6.34. The van der Waals surface area contributed by atoms with Crippen LogP contribution in [-0.4, -0.2) is 41.0 Å². The average Bonchev–Trinajstić information content (AvgIpc) is 3.15. The molecule has 0 radical (unpaired) electrons. The van der Waals surface area contributed by atoms with Gasteiger partial charge in [-0.15, -0.1) is 11.3 Å². The third-order valence-corrected chi connectivity index (χ3v) is 6.83. The number of nitrogens with zero attached hydrogens (tertiary/aromatic N) is 3. The molecule has 146 valence electrons. The van der Waals surface area contributed by atoms with Crippen LogP contribution in [-0.2, 0) is 13.1 Å². The average molecular weight is 432 g/mol. The van der Waals surface area contributed by atoms with Gasteiger partial charge in [0.15, 0.2) is 0 Å². The molecule has 1 aliphatic heterocycles. The summed E-state index contributed by atoms with van der Waals surface area (Å²) in [6, 6.07) is 14.4. The van der Waals surface area contributed by atoms with Crippen molar-refractivity contribution in [2.45, 2.75) is 20.0 Å². The summed E-state index contributed by atoms with van der Waals surface area (Å²) in [5.41, 5.74) is 4.90. The van der Waals surface area contributed by atoms with Crippen molar-refractivity contribution in [1.29, 1.82) is 0 Å². The number of aryl methyl sites for hydroxylation is 1. The summed E-state index contributed by atoms with van der Waals surface area (Å²) in [6.45, 7) is 8.19. The minimum absolute atomic E-state index is 0.614. The van der Waals surface area contributed by atoms with Gasteiger partial charge < -0.3 is 0 Å². The number of halogens is 2.